The monoisotopic (exact) mass is 445 g/mol. The smallest absolute Gasteiger partial charge is 0.358 e. The Morgan fingerprint density at radius 2 is 1.76 bits per heavy atom. The van der Waals surface area contributed by atoms with E-state index in [9.17, 15) is 9.59 Å². The van der Waals surface area contributed by atoms with Crippen molar-refractivity contribution in [2.24, 2.45) is 0 Å². The first-order chi connectivity index (χ1) is 16.0. The number of nitrogens with zero attached hydrogens (tertiary/aromatic N) is 3. The van der Waals surface area contributed by atoms with E-state index in [4.69, 9.17) is 9.47 Å². The first kappa shape index (κ1) is 23.5. The van der Waals surface area contributed by atoms with E-state index in [1.54, 1.807) is 66.1 Å². The highest BCUT2D eigenvalue weighted by atomic mass is 16.5. The average molecular weight is 446 g/mol. The summed E-state index contributed by atoms with van der Waals surface area (Å²) in [5.74, 6) is 0.0575. The van der Waals surface area contributed by atoms with Gasteiger partial charge in [-0.15, -0.1) is 13.2 Å². The van der Waals surface area contributed by atoms with E-state index in [2.05, 4.69) is 18.3 Å². The Morgan fingerprint density at radius 3 is 2.36 bits per heavy atom. The molecule has 3 aromatic rings. The van der Waals surface area contributed by atoms with E-state index in [-0.39, 0.29) is 18.2 Å². The standard InChI is InChI=1S/C26H27N3O4/c1-5-15-28(16-6-2)25(30)19-11-13-21(14-12-19)29-24(18-23(27-29)26(31)33-7-3)20-9-8-10-22(17-20)32-4/h5-6,8-14,17-18H,1-2,7,15-16H2,3-4H3. The fraction of sp³-hybridized carbons (Fsp3) is 0.192. The number of benzene rings is 2. The van der Waals surface area contributed by atoms with Gasteiger partial charge in [-0.25, -0.2) is 9.48 Å². The molecule has 0 unspecified atom stereocenters. The summed E-state index contributed by atoms with van der Waals surface area (Å²) >= 11 is 0. The van der Waals surface area contributed by atoms with Gasteiger partial charge in [0.1, 0.15) is 5.75 Å². The number of amides is 1. The van der Waals surface area contributed by atoms with Gasteiger partial charge < -0.3 is 14.4 Å². The molecule has 7 heteroatoms. The molecule has 2 aromatic carbocycles. The summed E-state index contributed by atoms with van der Waals surface area (Å²) in [5.41, 5.74) is 2.93. The maximum absolute atomic E-state index is 12.8. The van der Waals surface area contributed by atoms with Gasteiger partial charge >= 0.3 is 5.97 Å². The molecular weight excluding hydrogens is 418 g/mol. The number of carbonyl (C=O) groups excluding carboxylic acids is 2. The van der Waals surface area contributed by atoms with Gasteiger partial charge in [-0.2, -0.15) is 5.10 Å². The summed E-state index contributed by atoms with van der Waals surface area (Å²) < 4.78 is 12.1. The zero-order valence-electron chi connectivity index (χ0n) is 18.9. The van der Waals surface area contributed by atoms with E-state index >= 15 is 0 Å². The van der Waals surface area contributed by atoms with Gasteiger partial charge in [0, 0.05) is 24.2 Å². The van der Waals surface area contributed by atoms with Gasteiger partial charge in [-0.3, -0.25) is 4.79 Å². The molecular formula is C26H27N3O4. The van der Waals surface area contributed by atoms with Crippen LogP contribution in [-0.2, 0) is 4.74 Å². The molecule has 1 amide bonds. The van der Waals surface area contributed by atoms with E-state index in [1.165, 1.54) is 0 Å². The summed E-state index contributed by atoms with van der Waals surface area (Å²) in [5, 5.41) is 4.48. The highest BCUT2D eigenvalue weighted by molar-refractivity contribution is 5.94. The Hall–Kier alpha value is -4.13. The minimum absolute atomic E-state index is 0.123. The second kappa shape index (κ2) is 10.9. The predicted octanol–water partition coefficient (Wildman–Crippen LogP) is 4.54. The normalized spacial score (nSPS) is 10.4. The summed E-state index contributed by atoms with van der Waals surface area (Å²) in [6.45, 7) is 10.3. The zero-order chi connectivity index (χ0) is 23.8. The summed E-state index contributed by atoms with van der Waals surface area (Å²) in [6, 6.07) is 16.2. The average Bonchev–Trinajstić information content (AvgIpc) is 3.29. The van der Waals surface area contributed by atoms with Crippen LogP contribution in [0.4, 0.5) is 0 Å². The second-order valence-electron chi connectivity index (χ2n) is 7.11. The molecule has 0 aliphatic carbocycles. The summed E-state index contributed by atoms with van der Waals surface area (Å²) in [7, 11) is 1.60. The van der Waals surface area contributed by atoms with Crippen molar-refractivity contribution in [3.05, 3.63) is 91.2 Å². The van der Waals surface area contributed by atoms with Crippen LogP contribution in [0.5, 0.6) is 5.75 Å². The lowest BCUT2D eigenvalue weighted by atomic mass is 10.1. The molecule has 0 N–H and O–H groups in total. The second-order valence-corrected chi connectivity index (χ2v) is 7.11. The van der Waals surface area contributed by atoms with Crippen molar-refractivity contribution in [1.29, 1.82) is 0 Å². The molecule has 7 nitrogen and oxygen atoms in total. The lowest BCUT2D eigenvalue weighted by molar-refractivity contribution is 0.0518. The molecule has 0 saturated heterocycles. The van der Waals surface area contributed by atoms with Crippen LogP contribution in [0.15, 0.2) is 79.9 Å². The molecule has 0 atom stereocenters. The Balaban J connectivity index is 2.02. The van der Waals surface area contributed by atoms with Crippen molar-refractivity contribution in [2.75, 3.05) is 26.8 Å². The van der Waals surface area contributed by atoms with Crippen LogP contribution in [0.2, 0.25) is 0 Å². The number of rotatable bonds is 10. The maximum Gasteiger partial charge on any atom is 0.358 e. The molecule has 0 fully saturated rings. The van der Waals surface area contributed by atoms with Crippen molar-refractivity contribution in [2.45, 2.75) is 6.92 Å². The van der Waals surface area contributed by atoms with Crippen LogP contribution in [0, 0.1) is 0 Å². The molecule has 33 heavy (non-hydrogen) atoms. The van der Waals surface area contributed by atoms with Crippen molar-refractivity contribution in [3.8, 4) is 22.7 Å². The third-order valence-corrected chi connectivity index (χ3v) is 4.90. The molecule has 0 bridgehead atoms. The van der Waals surface area contributed by atoms with Crippen molar-refractivity contribution in [3.63, 3.8) is 0 Å². The number of ether oxygens (including phenoxy) is 2. The van der Waals surface area contributed by atoms with Gasteiger partial charge in [0.15, 0.2) is 5.69 Å². The van der Waals surface area contributed by atoms with E-state index in [1.807, 2.05) is 24.3 Å². The lowest BCUT2D eigenvalue weighted by Gasteiger charge is -2.19. The number of methoxy groups -OCH3 is 1. The van der Waals surface area contributed by atoms with Gasteiger partial charge in [-0.1, -0.05) is 24.3 Å². The highest BCUT2D eigenvalue weighted by Crippen LogP contribution is 2.27. The number of aromatic nitrogens is 2. The van der Waals surface area contributed by atoms with Crippen molar-refractivity contribution < 1.29 is 19.1 Å². The third-order valence-electron chi connectivity index (χ3n) is 4.90. The van der Waals surface area contributed by atoms with E-state index in [0.717, 1.165) is 5.56 Å². The van der Waals surface area contributed by atoms with Crippen molar-refractivity contribution >= 4 is 11.9 Å². The van der Waals surface area contributed by atoms with E-state index < -0.39 is 5.97 Å². The number of hydrogen-bond donors (Lipinski definition) is 0. The first-order valence-electron chi connectivity index (χ1n) is 10.6. The largest absolute Gasteiger partial charge is 0.497 e. The minimum Gasteiger partial charge on any atom is -0.497 e. The Morgan fingerprint density at radius 1 is 1.06 bits per heavy atom. The molecule has 0 saturated carbocycles. The molecule has 170 valence electrons. The molecule has 0 aliphatic heterocycles. The van der Waals surface area contributed by atoms with Gasteiger partial charge in [0.2, 0.25) is 0 Å². The van der Waals surface area contributed by atoms with Crippen LogP contribution in [0.3, 0.4) is 0 Å². The summed E-state index contributed by atoms with van der Waals surface area (Å²) in [6.07, 6.45) is 3.35. The van der Waals surface area contributed by atoms with Crippen LogP contribution in [-0.4, -0.2) is 53.4 Å². The van der Waals surface area contributed by atoms with Gasteiger partial charge in [0.25, 0.3) is 5.91 Å². The first-order valence-corrected chi connectivity index (χ1v) is 10.6. The number of hydrogen-bond acceptors (Lipinski definition) is 5. The van der Waals surface area contributed by atoms with Gasteiger partial charge in [-0.05, 0) is 49.4 Å². The van der Waals surface area contributed by atoms with Crippen LogP contribution >= 0.6 is 0 Å². The Bertz CT molecular complexity index is 1140. The topological polar surface area (TPSA) is 73.7 Å². The molecule has 1 heterocycles. The Kier molecular flexibility index (Phi) is 7.81. The fourth-order valence-electron chi connectivity index (χ4n) is 3.35. The SMILES string of the molecule is C=CCN(CC=C)C(=O)c1ccc(-n2nc(C(=O)OCC)cc2-c2cccc(OC)c2)cc1. The molecule has 0 radical (unpaired) electrons. The van der Waals surface area contributed by atoms with Crippen LogP contribution in [0.25, 0.3) is 16.9 Å². The van der Waals surface area contributed by atoms with Crippen molar-refractivity contribution in [1.82, 2.24) is 14.7 Å². The third kappa shape index (κ3) is 5.38. The fourth-order valence-corrected chi connectivity index (χ4v) is 3.35. The number of esters is 1. The number of carbonyl (C=O) groups is 2. The quantitative estimate of drug-likeness (QED) is 0.338. The molecule has 0 aliphatic rings. The Labute approximate surface area is 193 Å². The van der Waals surface area contributed by atoms with Gasteiger partial charge in [0.05, 0.1) is 25.1 Å². The molecule has 3 rings (SSSR count). The maximum atomic E-state index is 12.8. The summed E-state index contributed by atoms with van der Waals surface area (Å²) in [4.78, 5) is 26.8. The van der Waals surface area contributed by atoms with Crippen LogP contribution in [0.1, 0.15) is 27.8 Å². The van der Waals surface area contributed by atoms with Crippen LogP contribution < -0.4 is 4.74 Å². The minimum atomic E-state index is -0.503. The predicted molar refractivity (Wildman–Crippen MR) is 128 cm³/mol. The van der Waals surface area contributed by atoms with E-state index in [0.29, 0.717) is 35.8 Å². The zero-order valence-corrected chi connectivity index (χ0v) is 18.9. The molecule has 1 aromatic heterocycles. The highest BCUT2D eigenvalue weighted by Gasteiger charge is 2.19. The molecule has 0 spiro atoms. The lowest BCUT2D eigenvalue weighted by Crippen LogP contribution is -2.31.